The van der Waals surface area contributed by atoms with E-state index in [2.05, 4.69) is 0 Å². The summed E-state index contributed by atoms with van der Waals surface area (Å²) in [6.07, 6.45) is 0.660. The van der Waals surface area contributed by atoms with Gasteiger partial charge in [-0.15, -0.1) is 0 Å². The van der Waals surface area contributed by atoms with Crippen molar-refractivity contribution >= 4 is 28.5 Å². The van der Waals surface area contributed by atoms with E-state index in [-0.39, 0.29) is 5.97 Å². The minimum atomic E-state index is -0.267. The lowest BCUT2D eigenvalue weighted by atomic mass is 10.2. The molecule has 1 aromatic carbocycles. The van der Waals surface area contributed by atoms with E-state index in [9.17, 15) is 4.79 Å². The molecule has 1 aromatic heterocycles. The fraction of sp³-hybridized carbons (Fsp3) is 0.400. The summed E-state index contributed by atoms with van der Waals surface area (Å²) < 4.78 is 12.7. The topological polar surface area (TPSA) is 40.5 Å². The second-order valence-electron chi connectivity index (χ2n) is 4.65. The van der Waals surface area contributed by atoms with Crippen LogP contribution in [0.15, 0.2) is 18.2 Å². The van der Waals surface area contributed by atoms with Crippen molar-refractivity contribution in [1.82, 2.24) is 4.57 Å². The average Bonchev–Trinajstić information content (AvgIpc) is 2.64. The maximum absolute atomic E-state index is 10.7. The van der Waals surface area contributed by atoms with Crippen molar-refractivity contribution in [2.45, 2.75) is 20.3 Å². The first-order chi connectivity index (χ1) is 9.52. The van der Waals surface area contributed by atoms with Crippen LogP contribution in [-0.4, -0.2) is 23.8 Å². The highest BCUT2D eigenvalue weighted by atomic mass is 35.5. The zero-order chi connectivity index (χ0) is 14.7. The summed E-state index contributed by atoms with van der Waals surface area (Å²) in [6.45, 7) is 4.25. The molecule has 108 valence electrons. The summed E-state index contributed by atoms with van der Waals surface area (Å²) in [4.78, 5) is 10.7. The third-order valence-electron chi connectivity index (χ3n) is 3.24. The van der Waals surface area contributed by atoms with E-state index >= 15 is 0 Å². The Bertz CT molecular complexity index is 634. The van der Waals surface area contributed by atoms with Gasteiger partial charge in [-0.25, -0.2) is 0 Å². The molecule has 1 heterocycles. The summed E-state index contributed by atoms with van der Waals surface area (Å²) in [5, 5.41) is 1.75. The highest BCUT2D eigenvalue weighted by molar-refractivity contribution is 6.36. The Hall–Kier alpha value is -1.68. The Morgan fingerprint density at radius 1 is 1.35 bits per heavy atom. The van der Waals surface area contributed by atoms with Crippen LogP contribution >= 0.6 is 11.6 Å². The van der Waals surface area contributed by atoms with Gasteiger partial charge < -0.3 is 14.0 Å². The van der Waals surface area contributed by atoms with E-state index in [0.717, 1.165) is 27.4 Å². The molecular formula is C15H18ClNO3. The lowest BCUT2D eigenvalue weighted by Gasteiger charge is -2.09. The minimum absolute atomic E-state index is 0.267. The van der Waals surface area contributed by atoms with Gasteiger partial charge in [0.2, 0.25) is 0 Å². The van der Waals surface area contributed by atoms with Crippen LogP contribution in [0.4, 0.5) is 0 Å². The third-order valence-corrected chi connectivity index (χ3v) is 3.72. The number of para-hydroxylation sites is 1. The van der Waals surface area contributed by atoms with Gasteiger partial charge in [0.15, 0.2) is 0 Å². The molecule has 0 saturated heterocycles. The number of ether oxygens (including phenoxy) is 2. The maximum atomic E-state index is 10.7. The first-order valence-electron chi connectivity index (χ1n) is 6.52. The van der Waals surface area contributed by atoms with E-state index in [4.69, 9.17) is 21.1 Å². The zero-order valence-corrected chi connectivity index (χ0v) is 12.7. The van der Waals surface area contributed by atoms with E-state index in [0.29, 0.717) is 19.6 Å². The molecule has 0 saturated carbocycles. The lowest BCUT2D eigenvalue weighted by Crippen LogP contribution is -2.06. The highest BCUT2D eigenvalue weighted by Gasteiger charge is 2.13. The first-order valence-corrected chi connectivity index (χ1v) is 6.90. The molecule has 4 nitrogen and oxygen atoms in total. The van der Waals surface area contributed by atoms with E-state index in [1.54, 1.807) is 0 Å². The Morgan fingerprint density at radius 3 is 2.80 bits per heavy atom. The SMILES string of the molecule is CC(=O)OCCCOc1cccc2c(Cl)c(C)n(C)c12. The fourth-order valence-electron chi connectivity index (χ4n) is 2.13. The second-order valence-corrected chi connectivity index (χ2v) is 5.03. The maximum Gasteiger partial charge on any atom is 0.302 e. The van der Waals surface area contributed by atoms with Crippen molar-refractivity contribution in [2.75, 3.05) is 13.2 Å². The Kier molecular flexibility index (Phi) is 4.55. The number of carbonyl (C=O) groups excluding carboxylic acids is 1. The molecule has 0 fully saturated rings. The van der Waals surface area contributed by atoms with Crippen LogP contribution < -0.4 is 4.74 Å². The number of nitrogens with zero attached hydrogens (tertiary/aromatic N) is 1. The Labute approximate surface area is 123 Å². The first kappa shape index (κ1) is 14.7. The number of esters is 1. The molecule has 0 atom stereocenters. The number of aromatic nitrogens is 1. The smallest absolute Gasteiger partial charge is 0.302 e. The predicted octanol–water partition coefficient (Wildman–Crippen LogP) is 3.47. The van der Waals surface area contributed by atoms with E-state index in [1.807, 2.05) is 36.7 Å². The molecular weight excluding hydrogens is 278 g/mol. The van der Waals surface area contributed by atoms with Crippen molar-refractivity contribution in [3.05, 3.63) is 28.9 Å². The van der Waals surface area contributed by atoms with Crippen molar-refractivity contribution in [3.8, 4) is 5.75 Å². The van der Waals surface area contributed by atoms with E-state index < -0.39 is 0 Å². The number of aryl methyl sites for hydroxylation is 1. The summed E-state index contributed by atoms with van der Waals surface area (Å²) >= 11 is 6.30. The van der Waals surface area contributed by atoms with Crippen LogP contribution in [0.3, 0.4) is 0 Å². The normalized spacial score (nSPS) is 10.8. The number of carbonyl (C=O) groups is 1. The highest BCUT2D eigenvalue weighted by Crippen LogP contribution is 2.34. The average molecular weight is 296 g/mol. The predicted molar refractivity (Wildman–Crippen MR) is 79.4 cm³/mol. The summed E-state index contributed by atoms with van der Waals surface area (Å²) in [5.41, 5.74) is 2.00. The number of fused-ring (bicyclic) bond motifs is 1. The van der Waals surface area contributed by atoms with Crippen LogP contribution in [0, 0.1) is 6.92 Å². The summed E-state index contributed by atoms with van der Waals surface area (Å²) in [7, 11) is 1.97. The molecule has 0 unspecified atom stereocenters. The number of halogens is 1. The van der Waals surface area contributed by atoms with Crippen LogP contribution in [-0.2, 0) is 16.6 Å². The van der Waals surface area contributed by atoms with Gasteiger partial charge in [-0.1, -0.05) is 23.7 Å². The van der Waals surface area contributed by atoms with Gasteiger partial charge in [0.1, 0.15) is 5.75 Å². The van der Waals surface area contributed by atoms with Gasteiger partial charge in [0.25, 0.3) is 0 Å². The Balaban J connectivity index is 2.11. The molecule has 20 heavy (non-hydrogen) atoms. The second kappa shape index (κ2) is 6.18. The van der Waals surface area contributed by atoms with Crippen LogP contribution in [0.2, 0.25) is 5.02 Å². The summed E-state index contributed by atoms with van der Waals surface area (Å²) in [6, 6.07) is 5.83. The molecule has 0 N–H and O–H groups in total. The molecule has 0 amide bonds. The minimum Gasteiger partial charge on any atom is -0.491 e. The monoisotopic (exact) mass is 295 g/mol. The molecule has 2 rings (SSSR count). The number of hydrogen-bond donors (Lipinski definition) is 0. The van der Waals surface area contributed by atoms with Crippen molar-refractivity contribution < 1.29 is 14.3 Å². The van der Waals surface area contributed by atoms with Gasteiger partial charge in [-0.3, -0.25) is 4.79 Å². The number of benzene rings is 1. The quantitative estimate of drug-likeness (QED) is 0.626. The zero-order valence-electron chi connectivity index (χ0n) is 11.9. The largest absolute Gasteiger partial charge is 0.491 e. The van der Waals surface area contributed by atoms with Gasteiger partial charge in [-0.05, 0) is 13.0 Å². The molecule has 2 aromatic rings. The molecule has 5 heteroatoms. The molecule has 0 bridgehead atoms. The molecule has 0 aliphatic rings. The van der Waals surface area contributed by atoms with E-state index in [1.165, 1.54) is 6.92 Å². The fourth-order valence-corrected chi connectivity index (χ4v) is 2.41. The van der Waals surface area contributed by atoms with Crippen molar-refractivity contribution in [1.29, 1.82) is 0 Å². The third kappa shape index (κ3) is 2.90. The van der Waals surface area contributed by atoms with Crippen LogP contribution in [0.5, 0.6) is 5.75 Å². The molecule has 0 spiro atoms. The van der Waals surface area contributed by atoms with Gasteiger partial charge in [-0.2, -0.15) is 0 Å². The summed E-state index contributed by atoms with van der Waals surface area (Å²) in [5.74, 6) is 0.528. The Morgan fingerprint density at radius 2 is 2.10 bits per heavy atom. The standard InChI is InChI=1S/C15H18ClNO3/c1-10-14(16)12-6-4-7-13(15(12)17(10)3)20-9-5-8-19-11(2)18/h4,6-7H,5,8-9H2,1-3H3. The van der Waals surface area contributed by atoms with Gasteiger partial charge in [0.05, 0.1) is 23.8 Å². The molecule has 0 aliphatic heterocycles. The number of rotatable bonds is 5. The molecule has 0 radical (unpaired) electrons. The van der Waals surface area contributed by atoms with Crippen LogP contribution in [0.1, 0.15) is 19.0 Å². The molecule has 0 aliphatic carbocycles. The van der Waals surface area contributed by atoms with Crippen molar-refractivity contribution in [3.63, 3.8) is 0 Å². The van der Waals surface area contributed by atoms with Crippen molar-refractivity contribution in [2.24, 2.45) is 7.05 Å². The van der Waals surface area contributed by atoms with Crippen LogP contribution in [0.25, 0.3) is 10.9 Å². The van der Waals surface area contributed by atoms with Gasteiger partial charge in [0, 0.05) is 31.5 Å². The lowest BCUT2D eigenvalue weighted by molar-refractivity contribution is -0.141. The van der Waals surface area contributed by atoms with Gasteiger partial charge >= 0.3 is 5.97 Å². The number of hydrogen-bond acceptors (Lipinski definition) is 3.